The van der Waals surface area contributed by atoms with Crippen molar-refractivity contribution in [2.45, 2.75) is 31.0 Å². The third-order valence-electron chi connectivity index (χ3n) is 4.55. The number of nitrogens with one attached hydrogen (secondary N) is 2. The van der Waals surface area contributed by atoms with Gasteiger partial charge in [-0.15, -0.1) is 10.2 Å². The number of aryl methyl sites for hydroxylation is 1. The Bertz CT molecular complexity index is 1100. The number of nitrogens with zero attached hydrogens (tertiary/aromatic N) is 3. The molecule has 28 heavy (non-hydrogen) atoms. The van der Waals surface area contributed by atoms with Crippen molar-refractivity contribution in [3.63, 3.8) is 0 Å². The van der Waals surface area contributed by atoms with Crippen LogP contribution in [0.4, 0.5) is 0 Å². The highest BCUT2D eigenvalue weighted by Gasteiger charge is 2.12. The standard InChI is InChI=1S/C21H21N5OS/c1-14(11-12-15-7-3-2-4-8-15)22-18(27)13-28-21-24-20-19(25-26-21)16-9-5-6-10-17(16)23-20/h2-10,14H,11-13H2,1H3,(H,22,27)(H,23,24,26)/t14-/m1/s1. The van der Waals surface area contributed by atoms with Crippen molar-refractivity contribution in [2.75, 3.05) is 5.75 Å². The number of benzene rings is 2. The molecule has 1 amide bonds. The number of carbonyl (C=O) groups is 1. The Morgan fingerprint density at radius 2 is 1.89 bits per heavy atom. The second-order valence-electron chi connectivity index (χ2n) is 6.74. The summed E-state index contributed by atoms with van der Waals surface area (Å²) in [7, 11) is 0. The van der Waals surface area contributed by atoms with Crippen molar-refractivity contribution in [3.05, 3.63) is 60.2 Å². The first-order valence-electron chi connectivity index (χ1n) is 9.26. The summed E-state index contributed by atoms with van der Waals surface area (Å²) in [5.74, 6) is 0.245. The van der Waals surface area contributed by atoms with E-state index in [0.717, 1.165) is 29.3 Å². The molecule has 0 spiro atoms. The molecule has 2 aromatic heterocycles. The van der Waals surface area contributed by atoms with Crippen LogP contribution in [0.15, 0.2) is 59.8 Å². The number of hydrogen-bond acceptors (Lipinski definition) is 5. The number of amides is 1. The van der Waals surface area contributed by atoms with Crippen LogP contribution in [-0.4, -0.2) is 37.9 Å². The van der Waals surface area contributed by atoms with Gasteiger partial charge in [0.1, 0.15) is 5.52 Å². The number of aromatic amines is 1. The molecular formula is C21H21N5OS. The maximum atomic E-state index is 12.2. The Balaban J connectivity index is 1.31. The van der Waals surface area contributed by atoms with E-state index in [2.05, 4.69) is 37.6 Å². The van der Waals surface area contributed by atoms with Crippen molar-refractivity contribution in [1.29, 1.82) is 0 Å². The van der Waals surface area contributed by atoms with Gasteiger partial charge in [0.25, 0.3) is 0 Å². The molecule has 4 rings (SSSR count). The predicted molar refractivity (Wildman–Crippen MR) is 112 cm³/mol. The van der Waals surface area contributed by atoms with Crippen molar-refractivity contribution in [2.24, 2.45) is 0 Å². The molecule has 0 bridgehead atoms. The Hall–Kier alpha value is -2.93. The molecule has 0 unspecified atom stereocenters. The number of aromatic nitrogens is 4. The lowest BCUT2D eigenvalue weighted by Gasteiger charge is -2.13. The first-order valence-corrected chi connectivity index (χ1v) is 10.2. The average Bonchev–Trinajstić information content (AvgIpc) is 3.09. The third kappa shape index (κ3) is 4.31. The van der Waals surface area contributed by atoms with Crippen LogP contribution < -0.4 is 5.32 Å². The molecule has 1 atom stereocenters. The molecule has 0 radical (unpaired) electrons. The van der Waals surface area contributed by atoms with Crippen molar-refractivity contribution < 1.29 is 4.79 Å². The summed E-state index contributed by atoms with van der Waals surface area (Å²) in [6.45, 7) is 2.03. The van der Waals surface area contributed by atoms with Gasteiger partial charge in [0.05, 0.1) is 5.75 Å². The minimum Gasteiger partial charge on any atom is -0.353 e. The molecule has 2 heterocycles. The number of fused-ring (bicyclic) bond motifs is 3. The van der Waals surface area contributed by atoms with Gasteiger partial charge < -0.3 is 10.3 Å². The summed E-state index contributed by atoms with van der Waals surface area (Å²) < 4.78 is 0. The third-order valence-corrected chi connectivity index (χ3v) is 5.39. The maximum absolute atomic E-state index is 12.2. The second kappa shape index (κ2) is 8.39. The molecule has 142 valence electrons. The molecule has 0 aliphatic carbocycles. The maximum Gasteiger partial charge on any atom is 0.230 e. The minimum atomic E-state index is -0.0223. The first kappa shape index (κ1) is 18.4. The molecule has 0 saturated carbocycles. The lowest BCUT2D eigenvalue weighted by atomic mass is 10.1. The molecular weight excluding hydrogens is 370 g/mol. The summed E-state index contributed by atoms with van der Waals surface area (Å²) in [5.41, 5.74) is 3.70. The molecule has 7 heteroatoms. The fraction of sp³-hybridized carbons (Fsp3) is 0.238. The number of carbonyl (C=O) groups excluding carboxylic acids is 1. The fourth-order valence-electron chi connectivity index (χ4n) is 3.11. The van der Waals surface area contributed by atoms with Gasteiger partial charge in [-0.1, -0.05) is 60.3 Å². The van der Waals surface area contributed by atoms with Crippen molar-refractivity contribution >= 4 is 39.7 Å². The monoisotopic (exact) mass is 391 g/mol. The highest BCUT2D eigenvalue weighted by molar-refractivity contribution is 7.99. The molecule has 0 saturated heterocycles. The van der Waals surface area contributed by atoms with E-state index < -0.39 is 0 Å². The summed E-state index contributed by atoms with van der Waals surface area (Å²) in [6, 6.07) is 18.3. The lowest BCUT2D eigenvalue weighted by Crippen LogP contribution is -2.34. The number of para-hydroxylation sites is 1. The van der Waals surface area contributed by atoms with E-state index in [9.17, 15) is 4.79 Å². The van der Waals surface area contributed by atoms with Crippen LogP contribution in [-0.2, 0) is 11.2 Å². The number of H-pyrrole nitrogens is 1. The lowest BCUT2D eigenvalue weighted by molar-refractivity contribution is -0.119. The Morgan fingerprint density at radius 3 is 2.75 bits per heavy atom. The van der Waals surface area contributed by atoms with Crippen molar-refractivity contribution in [3.8, 4) is 0 Å². The molecule has 2 aromatic carbocycles. The SMILES string of the molecule is C[C@H](CCc1ccccc1)NC(=O)CSc1nnc2c(n1)[nH]c1ccccc12. The molecule has 4 aromatic rings. The zero-order chi connectivity index (χ0) is 19.3. The molecule has 6 nitrogen and oxygen atoms in total. The van der Waals surface area contributed by atoms with Gasteiger partial charge in [-0.05, 0) is 31.4 Å². The second-order valence-corrected chi connectivity index (χ2v) is 7.69. The van der Waals surface area contributed by atoms with E-state index in [4.69, 9.17) is 0 Å². The largest absolute Gasteiger partial charge is 0.353 e. The van der Waals surface area contributed by atoms with Crippen LogP contribution in [0.2, 0.25) is 0 Å². The van der Waals surface area contributed by atoms with Crippen LogP contribution in [0.1, 0.15) is 18.9 Å². The van der Waals surface area contributed by atoms with Gasteiger partial charge in [0.2, 0.25) is 11.1 Å². The van der Waals surface area contributed by atoms with Crippen LogP contribution in [0, 0.1) is 0 Å². The summed E-state index contributed by atoms with van der Waals surface area (Å²) in [4.78, 5) is 20.0. The molecule has 0 fully saturated rings. The molecule has 0 aliphatic heterocycles. The van der Waals surface area contributed by atoms with Gasteiger partial charge in [-0.25, -0.2) is 4.98 Å². The summed E-state index contributed by atoms with van der Waals surface area (Å²) in [5, 5.41) is 13.0. The van der Waals surface area contributed by atoms with Crippen LogP contribution in [0.25, 0.3) is 22.1 Å². The topological polar surface area (TPSA) is 83.6 Å². The van der Waals surface area contributed by atoms with Gasteiger partial charge in [-0.3, -0.25) is 4.79 Å². The molecule has 2 N–H and O–H groups in total. The van der Waals surface area contributed by atoms with Crippen LogP contribution in [0.5, 0.6) is 0 Å². The first-order chi connectivity index (χ1) is 13.7. The summed E-state index contributed by atoms with van der Waals surface area (Å²) in [6.07, 6.45) is 1.85. The minimum absolute atomic E-state index is 0.0223. The van der Waals surface area contributed by atoms with Gasteiger partial charge >= 0.3 is 0 Å². The smallest absolute Gasteiger partial charge is 0.230 e. The van der Waals surface area contributed by atoms with E-state index in [-0.39, 0.29) is 17.7 Å². The highest BCUT2D eigenvalue weighted by atomic mass is 32.2. The molecule has 0 aliphatic rings. The Labute approximate surface area is 167 Å². The highest BCUT2D eigenvalue weighted by Crippen LogP contribution is 2.23. The van der Waals surface area contributed by atoms with Gasteiger partial charge in [0, 0.05) is 16.9 Å². The van der Waals surface area contributed by atoms with Crippen LogP contribution in [0.3, 0.4) is 0 Å². The number of thioether (sulfide) groups is 1. The number of rotatable bonds is 7. The van der Waals surface area contributed by atoms with E-state index >= 15 is 0 Å². The average molecular weight is 392 g/mol. The van der Waals surface area contributed by atoms with E-state index in [1.165, 1.54) is 17.3 Å². The Kier molecular flexibility index (Phi) is 5.53. The van der Waals surface area contributed by atoms with Gasteiger partial charge in [-0.2, -0.15) is 0 Å². The Morgan fingerprint density at radius 1 is 1.11 bits per heavy atom. The van der Waals surface area contributed by atoms with E-state index in [0.29, 0.717) is 10.8 Å². The number of hydrogen-bond donors (Lipinski definition) is 2. The predicted octanol–water partition coefficient (Wildman–Crippen LogP) is 3.74. The zero-order valence-electron chi connectivity index (χ0n) is 15.6. The quantitative estimate of drug-likeness (QED) is 0.469. The fourth-order valence-corrected chi connectivity index (χ4v) is 3.71. The van der Waals surface area contributed by atoms with Crippen molar-refractivity contribution in [1.82, 2.24) is 25.5 Å². The van der Waals surface area contributed by atoms with Gasteiger partial charge in [0.15, 0.2) is 5.65 Å². The van der Waals surface area contributed by atoms with Crippen LogP contribution >= 0.6 is 11.8 Å². The van der Waals surface area contributed by atoms with E-state index in [1.807, 2.05) is 49.4 Å². The summed E-state index contributed by atoms with van der Waals surface area (Å²) >= 11 is 1.29. The van der Waals surface area contributed by atoms with E-state index in [1.54, 1.807) is 0 Å². The zero-order valence-corrected chi connectivity index (χ0v) is 16.4. The normalized spacial score (nSPS) is 12.3.